The third-order valence-electron chi connectivity index (χ3n) is 3.21. The van der Waals surface area contributed by atoms with Crippen LogP contribution in [0.5, 0.6) is 0 Å². The predicted molar refractivity (Wildman–Crippen MR) is 70.6 cm³/mol. The van der Waals surface area contributed by atoms with E-state index in [0.717, 1.165) is 24.7 Å². The highest BCUT2D eigenvalue weighted by atomic mass is 16.5. The van der Waals surface area contributed by atoms with Gasteiger partial charge in [-0.25, -0.2) is 9.78 Å². The van der Waals surface area contributed by atoms with Crippen LogP contribution in [0.2, 0.25) is 0 Å². The molecule has 1 aromatic rings. The molecule has 0 amide bonds. The minimum Gasteiger partial charge on any atom is -0.465 e. The molecule has 2 N–H and O–H groups in total. The fourth-order valence-electron chi connectivity index (χ4n) is 2.00. The van der Waals surface area contributed by atoms with Crippen molar-refractivity contribution >= 4 is 17.5 Å². The zero-order valence-corrected chi connectivity index (χ0v) is 10.8. The topological polar surface area (TPSA) is 68.5 Å². The minimum atomic E-state index is -0.367. The molecule has 0 aliphatic heterocycles. The molecule has 0 bridgehead atoms. The number of hydrogen-bond donors (Lipinski definition) is 1. The summed E-state index contributed by atoms with van der Waals surface area (Å²) in [5.74, 6) is 0.711. The van der Waals surface area contributed by atoms with Gasteiger partial charge >= 0.3 is 5.97 Å². The van der Waals surface area contributed by atoms with Gasteiger partial charge in [-0.3, -0.25) is 0 Å². The number of esters is 1. The Morgan fingerprint density at radius 1 is 1.61 bits per heavy atom. The maximum atomic E-state index is 11.8. The highest BCUT2D eigenvalue weighted by Gasteiger charge is 2.26. The molecule has 0 radical (unpaired) electrons. The van der Waals surface area contributed by atoms with E-state index in [2.05, 4.69) is 16.8 Å². The molecule has 1 fully saturated rings. The molecule has 1 aliphatic carbocycles. The molecule has 5 nitrogen and oxygen atoms in total. The summed E-state index contributed by atoms with van der Waals surface area (Å²) in [5, 5.41) is 0. The van der Waals surface area contributed by atoms with E-state index in [4.69, 9.17) is 10.5 Å². The van der Waals surface area contributed by atoms with Gasteiger partial charge in [0.25, 0.3) is 0 Å². The van der Waals surface area contributed by atoms with Gasteiger partial charge in [0, 0.05) is 13.1 Å². The van der Waals surface area contributed by atoms with Crippen molar-refractivity contribution in [1.82, 2.24) is 4.98 Å². The largest absolute Gasteiger partial charge is 0.465 e. The van der Waals surface area contributed by atoms with Gasteiger partial charge in [-0.1, -0.05) is 0 Å². The van der Waals surface area contributed by atoms with Gasteiger partial charge in [-0.05, 0) is 31.7 Å². The van der Waals surface area contributed by atoms with Crippen molar-refractivity contribution in [2.45, 2.75) is 19.8 Å². The smallest absolute Gasteiger partial charge is 0.340 e. The number of anilines is 2. The molecular weight excluding hydrogens is 230 g/mol. The van der Waals surface area contributed by atoms with Gasteiger partial charge in [0.05, 0.1) is 24.6 Å². The monoisotopic (exact) mass is 249 g/mol. The third kappa shape index (κ3) is 2.72. The van der Waals surface area contributed by atoms with Crippen LogP contribution in [-0.4, -0.2) is 31.2 Å². The first-order valence-electron chi connectivity index (χ1n) is 6.24. The Bertz CT molecular complexity index is 444. The number of rotatable bonds is 5. The number of ether oxygens (including phenoxy) is 1. The predicted octanol–water partition coefficient (Wildman–Crippen LogP) is 1.69. The van der Waals surface area contributed by atoms with Crippen LogP contribution < -0.4 is 10.6 Å². The van der Waals surface area contributed by atoms with Crippen molar-refractivity contribution < 1.29 is 9.53 Å². The molecule has 0 unspecified atom stereocenters. The summed E-state index contributed by atoms with van der Waals surface area (Å²) >= 11 is 0. The van der Waals surface area contributed by atoms with Crippen molar-refractivity contribution in [2.75, 3.05) is 30.8 Å². The maximum absolute atomic E-state index is 11.8. The summed E-state index contributed by atoms with van der Waals surface area (Å²) in [5.41, 5.74) is 6.94. The summed E-state index contributed by atoms with van der Waals surface area (Å²) in [6, 6.07) is 1.58. The number of methoxy groups -OCH3 is 1. The highest BCUT2D eigenvalue weighted by Crippen LogP contribution is 2.32. The van der Waals surface area contributed by atoms with E-state index in [1.54, 1.807) is 12.3 Å². The lowest BCUT2D eigenvalue weighted by Gasteiger charge is -2.24. The van der Waals surface area contributed by atoms with Gasteiger partial charge in [0.15, 0.2) is 0 Å². The van der Waals surface area contributed by atoms with E-state index in [9.17, 15) is 4.79 Å². The number of aromatic nitrogens is 1. The first-order chi connectivity index (χ1) is 8.65. The normalized spacial score (nSPS) is 14.3. The van der Waals surface area contributed by atoms with Crippen LogP contribution >= 0.6 is 0 Å². The van der Waals surface area contributed by atoms with Crippen LogP contribution in [-0.2, 0) is 4.74 Å². The lowest BCUT2D eigenvalue weighted by atomic mass is 10.2. The van der Waals surface area contributed by atoms with Crippen molar-refractivity contribution in [3.05, 3.63) is 17.8 Å². The van der Waals surface area contributed by atoms with E-state index in [1.807, 2.05) is 0 Å². The third-order valence-corrected chi connectivity index (χ3v) is 3.21. The summed E-state index contributed by atoms with van der Waals surface area (Å²) < 4.78 is 4.80. The van der Waals surface area contributed by atoms with E-state index in [-0.39, 0.29) is 5.97 Å². The second-order valence-corrected chi connectivity index (χ2v) is 4.60. The Morgan fingerprint density at radius 3 is 2.89 bits per heavy atom. The summed E-state index contributed by atoms with van der Waals surface area (Å²) in [4.78, 5) is 18.0. The Kier molecular flexibility index (Phi) is 3.69. The number of nitrogen functional groups attached to an aromatic ring is 1. The average Bonchev–Trinajstić information content (AvgIpc) is 3.19. The molecule has 18 heavy (non-hydrogen) atoms. The standard InChI is InChI=1S/C13H19N3O2/c1-3-16(8-9-4-5-9)11-7-15-12(14)6-10(11)13(17)18-2/h6-7,9H,3-5,8H2,1-2H3,(H2,14,15). The van der Waals surface area contributed by atoms with E-state index in [1.165, 1.54) is 20.0 Å². The Hall–Kier alpha value is -1.78. The molecule has 0 atom stereocenters. The van der Waals surface area contributed by atoms with Crippen molar-refractivity contribution in [3.8, 4) is 0 Å². The second kappa shape index (κ2) is 5.25. The van der Waals surface area contributed by atoms with E-state index in [0.29, 0.717) is 11.4 Å². The van der Waals surface area contributed by atoms with Gasteiger partial charge in [0.1, 0.15) is 5.82 Å². The molecule has 1 heterocycles. The lowest BCUT2D eigenvalue weighted by Crippen LogP contribution is -2.27. The van der Waals surface area contributed by atoms with Gasteiger partial charge in [0.2, 0.25) is 0 Å². The van der Waals surface area contributed by atoms with Crippen LogP contribution in [0.1, 0.15) is 30.1 Å². The van der Waals surface area contributed by atoms with Crippen LogP contribution in [0.15, 0.2) is 12.3 Å². The summed E-state index contributed by atoms with van der Waals surface area (Å²) in [6.07, 6.45) is 4.20. The molecule has 0 saturated heterocycles. The molecule has 98 valence electrons. The summed E-state index contributed by atoms with van der Waals surface area (Å²) in [6.45, 7) is 3.87. The highest BCUT2D eigenvalue weighted by molar-refractivity contribution is 5.96. The number of nitrogens with zero attached hydrogens (tertiary/aromatic N) is 2. The van der Waals surface area contributed by atoms with Crippen molar-refractivity contribution in [1.29, 1.82) is 0 Å². The Morgan fingerprint density at radius 2 is 2.33 bits per heavy atom. The first kappa shape index (κ1) is 12.7. The molecular formula is C13H19N3O2. The number of pyridine rings is 1. The summed E-state index contributed by atoms with van der Waals surface area (Å²) in [7, 11) is 1.37. The number of carbonyl (C=O) groups excluding carboxylic acids is 1. The number of hydrogen-bond acceptors (Lipinski definition) is 5. The molecule has 5 heteroatoms. The fourth-order valence-corrected chi connectivity index (χ4v) is 2.00. The van der Waals surface area contributed by atoms with Crippen LogP contribution in [0.25, 0.3) is 0 Å². The molecule has 1 aliphatic rings. The quantitative estimate of drug-likeness (QED) is 0.804. The van der Waals surface area contributed by atoms with E-state index < -0.39 is 0 Å². The molecule has 2 rings (SSSR count). The van der Waals surface area contributed by atoms with Gasteiger partial charge in [-0.2, -0.15) is 0 Å². The zero-order chi connectivity index (χ0) is 13.1. The van der Waals surface area contributed by atoms with Crippen LogP contribution in [0, 0.1) is 5.92 Å². The molecule has 1 saturated carbocycles. The minimum absolute atomic E-state index is 0.335. The molecule has 0 aromatic carbocycles. The van der Waals surface area contributed by atoms with Gasteiger partial charge < -0.3 is 15.4 Å². The SMILES string of the molecule is CCN(CC1CC1)c1cnc(N)cc1C(=O)OC. The van der Waals surface area contributed by atoms with Crippen molar-refractivity contribution in [2.24, 2.45) is 5.92 Å². The first-order valence-corrected chi connectivity index (χ1v) is 6.24. The lowest BCUT2D eigenvalue weighted by molar-refractivity contribution is 0.0601. The zero-order valence-electron chi connectivity index (χ0n) is 10.8. The number of nitrogens with two attached hydrogens (primary N) is 1. The average molecular weight is 249 g/mol. The second-order valence-electron chi connectivity index (χ2n) is 4.60. The fraction of sp³-hybridized carbons (Fsp3) is 0.538. The van der Waals surface area contributed by atoms with Crippen LogP contribution in [0.3, 0.4) is 0 Å². The number of carbonyl (C=O) groups is 1. The Labute approximate surface area is 107 Å². The van der Waals surface area contributed by atoms with Crippen molar-refractivity contribution in [3.63, 3.8) is 0 Å². The van der Waals surface area contributed by atoms with E-state index >= 15 is 0 Å². The molecule has 1 aromatic heterocycles. The maximum Gasteiger partial charge on any atom is 0.340 e. The van der Waals surface area contributed by atoms with Gasteiger partial charge in [-0.15, -0.1) is 0 Å². The Balaban J connectivity index is 2.30. The van der Waals surface area contributed by atoms with Crippen LogP contribution in [0.4, 0.5) is 11.5 Å². The molecule has 0 spiro atoms.